The number of nitrogens with zero attached hydrogens (tertiary/aromatic N) is 2. The zero-order chi connectivity index (χ0) is 9.84. The summed E-state index contributed by atoms with van der Waals surface area (Å²) < 4.78 is 4.62. The Labute approximate surface area is 74.9 Å². The molecule has 0 saturated carbocycles. The van der Waals surface area contributed by atoms with Crippen molar-refractivity contribution < 1.29 is 14.4 Å². The van der Waals surface area contributed by atoms with Gasteiger partial charge in [0.15, 0.2) is 5.82 Å². The van der Waals surface area contributed by atoms with Crippen LogP contribution in [0.2, 0.25) is 0 Å². The molecule has 0 radical (unpaired) electrons. The maximum Gasteiger partial charge on any atom is 0.315 e. The van der Waals surface area contributed by atoms with Crippen LogP contribution in [0.4, 0.5) is 0 Å². The largest absolute Gasteiger partial charge is 0.394 e. The van der Waals surface area contributed by atoms with Gasteiger partial charge in [0.2, 0.25) is 0 Å². The number of aromatic nitrogens is 2. The van der Waals surface area contributed by atoms with Crippen LogP contribution in [0.3, 0.4) is 0 Å². The lowest BCUT2D eigenvalue weighted by molar-refractivity contribution is 0.0878. The Morgan fingerprint density at radius 2 is 2.46 bits per heavy atom. The second-order valence-electron chi connectivity index (χ2n) is 2.70. The van der Waals surface area contributed by atoms with Crippen LogP contribution >= 0.6 is 0 Å². The number of aliphatic hydroxyl groups excluding tert-OH is 1. The highest BCUT2D eigenvalue weighted by molar-refractivity contribution is 5.89. The molecule has 0 aromatic carbocycles. The third-order valence-electron chi connectivity index (χ3n) is 1.37. The Hall–Kier alpha value is -1.43. The van der Waals surface area contributed by atoms with Crippen molar-refractivity contribution in [2.24, 2.45) is 0 Å². The molecule has 1 amide bonds. The van der Waals surface area contributed by atoms with Crippen molar-refractivity contribution in [1.82, 2.24) is 15.5 Å². The molecule has 0 aliphatic carbocycles. The average molecular weight is 185 g/mol. The van der Waals surface area contributed by atoms with Gasteiger partial charge in [0.1, 0.15) is 0 Å². The zero-order valence-electron chi connectivity index (χ0n) is 7.44. The van der Waals surface area contributed by atoms with E-state index in [1.807, 2.05) is 0 Å². The summed E-state index contributed by atoms with van der Waals surface area (Å²) in [5, 5.41) is 14.6. The quantitative estimate of drug-likeness (QED) is 0.662. The SMILES string of the molecule is Cc1noc(C(=O)N[C@@H](C)CO)n1. The minimum Gasteiger partial charge on any atom is -0.394 e. The van der Waals surface area contributed by atoms with Gasteiger partial charge in [-0.15, -0.1) is 0 Å². The van der Waals surface area contributed by atoms with Crippen LogP contribution in [0, 0.1) is 6.92 Å². The molecule has 0 unspecified atom stereocenters. The second kappa shape index (κ2) is 3.99. The number of nitrogens with one attached hydrogen (secondary N) is 1. The average Bonchev–Trinajstić information content (AvgIpc) is 2.51. The molecule has 0 saturated heterocycles. The number of hydrogen-bond acceptors (Lipinski definition) is 5. The fourth-order valence-corrected chi connectivity index (χ4v) is 0.720. The summed E-state index contributed by atoms with van der Waals surface area (Å²) in [4.78, 5) is 14.9. The van der Waals surface area contributed by atoms with E-state index in [0.717, 1.165) is 0 Å². The lowest BCUT2D eigenvalue weighted by atomic mass is 10.3. The van der Waals surface area contributed by atoms with E-state index in [1.54, 1.807) is 13.8 Å². The molecule has 13 heavy (non-hydrogen) atoms. The molecule has 6 heteroatoms. The number of aliphatic hydroxyl groups is 1. The van der Waals surface area contributed by atoms with E-state index >= 15 is 0 Å². The molecular formula is C7H11N3O3. The number of carbonyl (C=O) groups is 1. The second-order valence-corrected chi connectivity index (χ2v) is 2.70. The van der Waals surface area contributed by atoms with Crippen molar-refractivity contribution in [2.75, 3.05) is 6.61 Å². The first-order chi connectivity index (χ1) is 6.13. The lowest BCUT2D eigenvalue weighted by Gasteiger charge is -2.07. The molecule has 0 aliphatic rings. The minimum atomic E-state index is -0.470. The first kappa shape index (κ1) is 9.66. The van der Waals surface area contributed by atoms with Crippen LogP contribution < -0.4 is 5.32 Å². The Bertz CT molecular complexity index is 297. The maximum atomic E-state index is 11.2. The molecule has 1 atom stereocenters. The van der Waals surface area contributed by atoms with Crippen LogP contribution in [0.15, 0.2) is 4.52 Å². The highest BCUT2D eigenvalue weighted by Gasteiger charge is 2.14. The molecule has 0 bridgehead atoms. The highest BCUT2D eigenvalue weighted by Crippen LogP contribution is 1.95. The molecule has 0 fully saturated rings. The number of rotatable bonds is 3. The predicted molar refractivity (Wildman–Crippen MR) is 43.0 cm³/mol. The first-order valence-corrected chi connectivity index (χ1v) is 3.85. The van der Waals surface area contributed by atoms with Crippen molar-refractivity contribution in [3.63, 3.8) is 0 Å². The highest BCUT2D eigenvalue weighted by atomic mass is 16.5. The lowest BCUT2D eigenvalue weighted by Crippen LogP contribution is -2.35. The summed E-state index contributed by atoms with van der Waals surface area (Å²) in [6.45, 7) is 3.16. The molecular weight excluding hydrogens is 174 g/mol. The van der Waals surface area contributed by atoms with Gasteiger partial charge in [-0.2, -0.15) is 4.98 Å². The van der Waals surface area contributed by atoms with E-state index in [-0.39, 0.29) is 18.5 Å². The molecule has 1 aromatic heterocycles. The molecule has 72 valence electrons. The van der Waals surface area contributed by atoms with Crippen LogP contribution in [-0.2, 0) is 0 Å². The van der Waals surface area contributed by atoms with Gasteiger partial charge in [-0.05, 0) is 13.8 Å². The molecule has 0 spiro atoms. The Balaban J connectivity index is 2.58. The van der Waals surface area contributed by atoms with E-state index < -0.39 is 5.91 Å². The molecule has 1 rings (SSSR count). The Morgan fingerprint density at radius 3 is 2.92 bits per heavy atom. The topological polar surface area (TPSA) is 88.2 Å². The number of hydrogen-bond donors (Lipinski definition) is 2. The monoisotopic (exact) mass is 185 g/mol. The first-order valence-electron chi connectivity index (χ1n) is 3.85. The van der Waals surface area contributed by atoms with Crippen LogP contribution in [-0.4, -0.2) is 33.8 Å². The van der Waals surface area contributed by atoms with E-state index in [4.69, 9.17) is 5.11 Å². The van der Waals surface area contributed by atoms with Crippen LogP contribution in [0.5, 0.6) is 0 Å². The van der Waals surface area contributed by atoms with E-state index in [2.05, 4.69) is 20.0 Å². The summed E-state index contributed by atoms with van der Waals surface area (Å²) in [6.07, 6.45) is 0. The van der Waals surface area contributed by atoms with Gasteiger partial charge >= 0.3 is 11.8 Å². The van der Waals surface area contributed by atoms with E-state index in [0.29, 0.717) is 5.82 Å². The predicted octanol–water partition coefficient (Wildman–Crippen LogP) is -0.511. The number of aryl methyl sites for hydroxylation is 1. The standard InChI is InChI=1S/C7H11N3O3/c1-4(3-11)8-6(12)7-9-5(2)10-13-7/h4,11H,3H2,1-2H3,(H,8,12)/t4-/m0/s1. The summed E-state index contributed by atoms with van der Waals surface area (Å²) >= 11 is 0. The van der Waals surface area contributed by atoms with Gasteiger partial charge in [-0.1, -0.05) is 5.16 Å². The van der Waals surface area contributed by atoms with Gasteiger partial charge in [-0.25, -0.2) is 0 Å². The van der Waals surface area contributed by atoms with Gasteiger partial charge in [0.25, 0.3) is 0 Å². The van der Waals surface area contributed by atoms with Crippen molar-refractivity contribution in [3.05, 3.63) is 11.7 Å². The Morgan fingerprint density at radius 1 is 1.77 bits per heavy atom. The zero-order valence-corrected chi connectivity index (χ0v) is 7.44. The van der Waals surface area contributed by atoms with Crippen LogP contribution in [0.1, 0.15) is 23.4 Å². The molecule has 6 nitrogen and oxygen atoms in total. The fraction of sp³-hybridized carbons (Fsp3) is 0.571. The van der Waals surface area contributed by atoms with Gasteiger partial charge in [0.05, 0.1) is 6.61 Å². The Kier molecular flexibility index (Phi) is 2.97. The van der Waals surface area contributed by atoms with Crippen LogP contribution in [0.25, 0.3) is 0 Å². The summed E-state index contributed by atoms with van der Waals surface area (Å²) in [5.41, 5.74) is 0. The third kappa shape index (κ3) is 2.51. The summed E-state index contributed by atoms with van der Waals surface area (Å²) in [5.74, 6) is -0.151. The minimum absolute atomic E-state index is 0.0854. The van der Waals surface area contributed by atoms with Crippen molar-refractivity contribution >= 4 is 5.91 Å². The van der Waals surface area contributed by atoms with Crippen molar-refractivity contribution in [3.8, 4) is 0 Å². The molecule has 0 aliphatic heterocycles. The molecule has 2 N–H and O–H groups in total. The fourth-order valence-electron chi connectivity index (χ4n) is 0.720. The van der Waals surface area contributed by atoms with Crippen molar-refractivity contribution in [2.45, 2.75) is 19.9 Å². The summed E-state index contributed by atoms with van der Waals surface area (Å²) in [7, 11) is 0. The maximum absolute atomic E-state index is 11.2. The normalized spacial score (nSPS) is 12.5. The third-order valence-corrected chi connectivity index (χ3v) is 1.37. The molecule has 1 heterocycles. The molecule has 1 aromatic rings. The smallest absolute Gasteiger partial charge is 0.315 e. The summed E-state index contributed by atoms with van der Waals surface area (Å²) in [6, 6.07) is -0.320. The van der Waals surface area contributed by atoms with Gasteiger partial charge in [0, 0.05) is 6.04 Å². The van der Waals surface area contributed by atoms with Gasteiger partial charge in [-0.3, -0.25) is 4.79 Å². The van der Waals surface area contributed by atoms with E-state index in [1.165, 1.54) is 0 Å². The number of amides is 1. The van der Waals surface area contributed by atoms with Gasteiger partial charge < -0.3 is 14.9 Å². The number of carbonyl (C=O) groups excluding carboxylic acids is 1. The van der Waals surface area contributed by atoms with Crippen molar-refractivity contribution in [1.29, 1.82) is 0 Å². The van der Waals surface area contributed by atoms with E-state index in [9.17, 15) is 4.79 Å².